The number of Topliss-reactive ketones (excluding diaryl/α,β-unsaturated/α-hetero) is 1. The zero-order valence-corrected chi connectivity index (χ0v) is 9.71. The van der Waals surface area contributed by atoms with Crippen LogP contribution in [-0.4, -0.2) is 17.7 Å². The molecule has 0 aromatic rings. The summed E-state index contributed by atoms with van der Waals surface area (Å²) in [6.07, 6.45) is 4.79. The minimum atomic E-state index is 0.124. The van der Waals surface area contributed by atoms with Crippen molar-refractivity contribution < 1.29 is 9.59 Å². The molecular formula is C12H21NO2. The Labute approximate surface area is 91.6 Å². The van der Waals surface area contributed by atoms with Gasteiger partial charge in [0.1, 0.15) is 5.78 Å². The minimum absolute atomic E-state index is 0.124. The van der Waals surface area contributed by atoms with E-state index in [1.165, 1.54) is 0 Å². The smallest absolute Gasteiger partial charge is 0.219 e. The third-order valence-corrected chi connectivity index (χ3v) is 3.26. The van der Waals surface area contributed by atoms with Crippen LogP contribution in [0.3, 0.4) is 0 Å². The molecule has 1 atom stereocenters. The standard InChI is InChI=1S/C12H21NO2/c1-3-11(13-12(15)4-2)9-5-7-10(14)8-6-9/h9,11H,3-8H2,1-2H3,(H,13,15). The van der Waals surface area contributed by atoms with Crippen molar-refractivity contribution in [2.24, 2.45) is 5.92 Å². The van der Waals surface area contributed by atoms with Gasteiger partial charge in [0.2, 0.25) is 5.91 Å². The molecule has 0 aromatic heterocycles. The number of ketones is 1. The monoisotopic (exact) mass is 211 g/mol. The van der Waals surface area contributed by atoms with Gasteiger partial charge in [0, 0.05) is 25.3 Å². The molecule has 1 aliphatic rings. The van der Waals surface area contributed by atoms with Crippen LogP contribution in [-0.2, 0) is 9.59 Å². The van der Waals surface area contributed by atoms with Crippen molar-refractivity contribution in [1.29, 1.82) is 0 Å². The fourth-order valence-electron chi connectivity index (χ4n) is 2.23. The molecule has 3 nitrogen and oxygen atoms in total. The summed E-state index contributed by atoms with van der Waals surface area (Å²) in [5.74, 6) is 1.00. The van der Waals surface area contributed by atoms with Crippen molar-refractivity contribution in [3.05, 3.63) is 0 Å². The van der Waals surface area contributed by atoms with Crippen molar-refractivity contribution >= 4 is 11.7 Å². The molecular weight excluding hydrogens is 190 g/mol. The molecule has 0 heterocycles. The van der Waals surface area contributed by atoms with Crippen molar-refractivity contribution in [3.8, 4) is 0 Å². The van der Waals surface area contributed by atoms with Gasteiger partial charge < -0.3 is 5.32 Å². The van der Waals surface area contributed by atoms with Crippen LogP contribution in [0.4, 0.5) is 0 Å². The highest BCUT2D eigenvalue weighted by Gasteiger charge is 2.25. The van der Waals surface area contributed by atoms with E-state index in [4.69, 9.17) is 0 Å². The van der Waals surface area contributed by atoms with E-state index in [2.05, 4.69) is 12.2 Å². The van der Waals surface area contributed by atoms with Crippen molar-refractivity contribution in [3.63, 3.8) is 0 Å². The minimum Gasteiger partial charge on any atom is -0.353 e. The summed E-state index contributed by atoms with van der Waals surface area (Å²) in [6.45, 7) is 3.96. The fraction of sp³-hybridized carbons (Fsp3) is 0.833. The van der Waals surface area contributed by atoms with Crippen LogP contribution < -0.4 is 5.32 Å². The molecule has 0 aliphatic heterocycles. The normalized spacial score (nSPS) is 20.0. The maximum absolute atomic E-state index is 11.3. The van der Waals surface area contributed by atoms with Gasteiger partial charge in [-0.1, -0.05) is 13.8 Å². The zero-order valence-electron chi connectivity index (χ0n) is 9.71. The largest absolute Gasteiger partial charge is 0.353 e. The van der Waals surface area contributed by atoms with Gasteiger partial charge in [-0.05, 0) is 25.2 Å². The molecule has 1 aliphatic carbocycles. The number of amides is 1. The summed E-state index contributed by atoms with van der Waals surface area (Å²) >= 11 is 0. The van der Waals surface area contributed by atoms with E-state index in [1.807, 2.05) is 6.92 Å². The van der Waals surface area contributed by atoms with E-state index in [9.17, 15) is 9.59 Å². The number of hydrogen-bond donors (Lipinski definition) is 1. The van der Waals surface area contributed by atoms with Crippen LogP contribution in [0.15, 0.2) is 0 Å². The molecule has 0 saturated heterocycles. The second kappa shape index (κ2) is 5.89. The first-order valence-electron chi connectivity index (χ1n) is 5.98. The Bertz CT molecular complexity index is 228. The van der Waals surface area contributed by atoms with Crippen LogP contribution in [0.5, 0.6) is 0 Å². The Morgan fingerprint density at radius 2 is 2.00 bits per heavy atom. The predicted octanol–water partition coefficient (Wildman–Crippen LogP) is 2.05. The maximum Gasteiger partial charge on any atom is 0.219 e. The average molecular weight is 211 g/mol. The lowest BCUT2D eigenvalue weighted by Crippen LogP contribution is -2.41. The molecule has 0 bridgehead atoms. The lowest BCUT2D eigenvalue weighted by Gasteiger charge is -2.29. The molecule has 3 heteroatoms. The third-order valence-electron chi connectivity index (χ3n) is 3.26. The van der Waals surface area contributed by atoms with Crippen LogP contribution in [0.2, 0.25) is 0 Å². The zero-order chi connectivity index (χ0) is 11.3. The molecule has 1 unspecified atom stereocenters. The third kappa shape index (κ3) is 3.65. The Hall–Kier alpha value is -0.860. The van der Waals surface area contributed by atoms with E-state index < -0.39 is 0 Å². The lowest BCUT2D eigenvalue weighted by atomic mass is 9.82. The molecule has 0 spiro atoms. The molecule has 15 heavy (non-hydrogen) atoms. The summed E-state index contributed by atoms with van der Waals surface area (Å²) in [7, 11) is 0. The van der Waals surface area contributed by atoms with E-state index in [0.29, 0.717) is 31.0 Å². The summed E-state index contributed by atoms with van der Waals surface area (Å²) < 4.78 is 0. The molecule has 1 rings (SSSR count). The maximum atomic E-state index is 11.3. The summed E-state index contributed by atoms with van der Waals surface area (Å²) in [5.41, 5.74) is 0. The number of carbonyl (C=O) groups excluding carboxylic acids is 2. The van der Waals surface area contributed by atoms with Crippen LogP contribution in [0.25, 0.3) is 0 Å². The van der Waals surface area contributed by atoms with Crippen molar-refractivity contribution in [2.75, 3.05) is 0 Å². The number of hydrogen-bond acceptors (Lipinski definition) is 2. The van der Waals surface area contributed by atoms with Gasteiger partial charge >= 0.3 is 0 Å². The highest BCUT2D eigenvalue weighted by atomic mass is 16.1. The number of carbonyl (C=O) groups is 2. The average Bonchev–Trinajstić information content (AvgIpc) is 2.27. The molecule has 1 fully saturated rings. The Morgan fingerprint density at radius 3 is 2.47 bits per heavy atom. The lowest BCUT2D eigenvalue weighted by molar-refractivity contribution is -0.122. The molecule has 1 saturated carbocycles. The van der Waals surface area contributed by atoms with Gasteiger partial charge in [0.05, 0.1) is 0 Å². The summed E-state index contributed by atoms with van der Waals surface area (Å²) in [5, 5.41) is 3.05. The molecule has 0 aromatic carbocycles. The molecule has 86 valence electrons. The topological polar surface area (TPSA) is 46.2 Å². The van der Waals surface area contributed by atoms with Gasteiger partial charge in [-0.3, -0.25) is 9.59 Å². The first kappa shape index (κ1) is 12.2. The Balaban J connectivity index is 2.44. The summed E-state index contributed by atoms with van der Waals surface area (Å²) in [6, 6.07) is 0.269. The van der Waals surface area contributed by atoms with Gasteiger partial charge in [-0.25, -0.2) is 0 Å². The molecule has 0 radical (unpaired) electrons. The van der Waals surface area contributed by atoms with Crippen LogP contribution in [0, 0.1) is 5.92 Å². The fourth-order valence-corrected chi connectivity index (χ4v) is 2.23. The molecule has 1 amide bonds. The van der Waals surface area contributed by atoms with Gasteiger partial charge in [0.25, 0.3) is 0 Å². The first-order chi connectivity index (χ1) is 7.17. The van der Waals surface area contributed by atoms with E-state index in [-0.39, 0.29) is 11.9 Å². The Morgan fingerprint density at radius 1 is 1.40 bits per heavy atom. The highest BCUT2D eigenvalue weighted by Crippen LogP contribution is 2.25. The second-order valence-electron chi connectivity index (χ2n) is 4.31. The molecule has 1 N–H and O–H groups in total. The van der Waals surface area contributed by atoms with E-state index in [1.54, 1.807) is 0 Å². The van der Waals surface area contributed by atoms with Gasteiger partial charge in [0.15, 0.2) is 0 Å². The van der Waals surface area contributed by atoms with Crippen LogP contribution >= 0.6 is 0 Å². The van der Waals surface area contributed by atoms with Gasteiger partial charge in [-0.2, -0.15) is 0 Å². The second-order valence-corrected chi connectivity index (χ2v) is 4.31. The highest BCUT2D eigenvalue weighted by molar-refractivity contribution is 5.79. The van der Waals surface area contributed by atoms with Crippen molar-refractivity contribution in [1.82, 2.24) is 5.32 Å². The van der Waals surface area contributed by atoms with Gasteiger partial charge in [-0.15, -0.1) is 0 Å². The first-order valence-corrected chi connectivity index (χ1v) is 5.98. The quantitative estimate of drug-likeness (QED) is 0.773. The summed E-state index contributed by atoms with van der Waals surface area (Å²) in [4.78, 5) is 22.4. The Kier molecular flexibility index (Phi) is 4.79. The van der Waals surface area contributed by atoms with Crippen molar-refractivity contribution in [2.45, 2.75) is 58.4 Å². The van der Waals surface area contributed by atoms with E-state index in [0.717, 1.165) is 19.3 Å². The number of nitrogens with one attached hydrogen (secondary N) is 1. The SMILES string of the molecule is CCC(=O)NC(CC)C1CCC(=O)CC1. The van der Waals surface area contributed by atoms with E-state index >= 15 is 0 Å². The predicted molar refractivity (Wildman–Crippen MR) is 59.5 cm³/mol. The van der Waals surface area contributed by atoms with Crippen LogP contribution in [0.1, 0.15) is 52.4 Å². The number of rotatable bonds is 4.